The van der Waals surface area contributed by atoms with E-state index < -0.39 is 0 Å². The average molecular weight is 390 g/mol. The summed E-state index contributed by atoms with van der Waals surface area (Å²) in [6.07, 6.45) is 0.317. The van der Waals surface area contributed by atoms with Gasteiger partial charge in [0, 0.05) is 17.5 Å². The molecule has 1 aliphatic heterocycles. The molecule has 0 aliphatic carbocycles. The first kappa shape index (κ1) is 18.9. The lowest BCUT2D eigenvalue weighted by Crippen LogP contribution is -2.09. The fraction of sp³-hybridized carbons (Fsp3) is 0.208. The molecule has 0 N–H and O–H groups in total. The molecule has 1 heterocycles. The van der Waals surface area contributed by atoms with Crippen molar-refractivity contribution >= 4 is 5.97 Å². The number of rotatable bonds is 7. The Bertz CT molecular complexity index is 984. The van der Waals surface area contributed by atoms with E-state index in [1.54, 1.807) is 0 Å². The zero-order chi connectivity index (χ0) is 20.1. The van der Waals surface area contributed by atoms with E-state index in [1.807, 2.05) is 72.8 Å². The van der Waals surface area contributed by atoms with E-state index in [-0.39, 0.29) is 11.9 Å². The van der Waals surface area contributed by atoms with Crippen molar-refractivity contribution in [2.45, 2.75) is 18.9 Å². The monoisotopic (exact) mass is 390 g/mol. The third-order valence-electron chi connectivity index (χ3n) is 4.79. The van der Waals surface area contributed by atoms with Crippen LogP contribution in [0.15, 0.2) is 72.8 Å². The van der Waals surface area contributed by atoms with Crippen LogP contribution >= 0.6 is 0 Å². The molecule has 5 nitrogen and oxygen atoms in total. The Kier molecular flexibility index (Phi) is 5.66. The van der Waals surface area contributed by atoms with Gasteiger partial charge in [-0.05, 0) is 35.9 Å². The van der Waals surface area contributed by atoms with Gasteiger partial charge in [0.25, 0.3) is 0 Å². The summed E-state index contributed by atoms with van der Waals surface area (Å²) in [6.45, 7) is 0.892. The topological polar surface area (TPSA) is 54.0 Å². The second kappa shape index (κ2) is 8.69. The van der Waals surface area contributed by atoms with Crippen LogP contribution in [0.4, 0.5) is 0 Å². The highest BCUT2D eigenvalue weighted by Gasteiger charge is 2.27. The van der Waals surface area contributed by atoms with Crippen LogP contribution in [0, 0.1) is 0 Å². The summed E-state index contributed by atoms with van der Waals surface area (Å²) in [5, 5.41) is 0. The van der Waals surface area contributed by atoms with Gasteiger partial charge in [0.15, 0.2) is 0 Å². The van der Waals surface area contributed by atoms with Crippen molar-refractivity contribution in [1.29, 1.82) is 0 Å². The highest BCUT2D eigenvalue weighted by atomic mass is 16.5. The summed E-state index contributed by atoms with van der Waals surface area (Å²) >= 11 is 0. The van der Waals surface area contributed by atoms with Gasteiger partial charge in [-0.1, -0.05) is 36.4 Å². The second-order valence-electron chi connectivity index (χ2n) is 6.84. The Morgan fingerprint density at radius 1 is 0.966 bits per heavy atom. The van der Waals surface area contributed by atoms with Gasteiger partial charge in [-0.3, -0.25) is 4.79 Å². The van der Waals surface area contributed by atoms with E-state index in [4.69, 9.17) is 18.9 Å². The summed E-state index contributed by atoms with van der Waals surface area (Å²) in [6, 6.07) is 23.2. The van der Waals surface area contributed by atoms with E-state index in [1.165, 1.54) is 7.11 Å². The van der Waals surface area contributed by atoms with Gasteiger partial charge < -0.3 is 18.9 Å². The molecule has 3 aromatic carbocycles. The van der Waals surface area contributed by atoms with Crippen LogP contribution in [-0.2, 0) is 16.1 Å². The molecule has 0 bridgehead atoms. The van der Waals surface area contributed by atoms with Gasteiger partial charge in [0.2, 0.25) is 0 Å². The molecule has 0 spiro atoms. The zero-order valence-corrected chi connectivity index (χ0v) is 16.2. The maximum atomic E-state index is 11.5. The van der Waals surface area contributed by atoms with Crippen LogP contribution in [0.5, 0.6) is 23.0 Å². The number of esters is 1. The minimum absolute atomic E-state index is 0.0262. The standard InChI is InChI=1S/C24H22O5/c1-26-24(25)13-18-16-28-23-14-20(10-11-22(18)23)27-15-17-6-5-9-21(12-17)29-19-7-3-2-4-8-19/h2-12,14,18H,13,15-16H2,1H3. The summed E-state index contributed by atoms with van der Waals surface area (Å²) in [4.78, 5) is 11.5. The SMILES string of the molecule is COC(=O)CC1COc2cc(OCc3cccc(Oc4ccccc4)c3)ccc21. The maximum Gasteiger partial charge on any atom is 0.306 e. The van der Waals surface area contributed by atoms with Crippen molar-refractivity contribution in [3.05, 3.63) is 83.9 Å². The van der Waals surface area contributed by atoms with Gasteiger partial charge in [-0.25, -0.2) is 0 Å². The second-order valence-corrected chi connectivity index (χ2v) is 6.84. The molecule has 0 aromatic heterocycles. The molecule has 1 aliphatic rings. The van der Waals surface area contributed by atoms with Crippen molar-refractivity contribution in [1.82, 2.24) is 0 Å². The van der Waals surface area contributed by atoms with E-state index >= 15 is 0 Å². The Morgan fingerprint density at radius 3 is 2.62 bits per heavy atom. The van der Waals surface area contributed by atoms with Gasteiger partial charge in [0.05, 0.1) is 20.1 Å². The number of para-hydroxylation sites is 1. The molecule has 0 saturated carbocycles. The molecular weight excluding hydrogens is 368 g/mol. The molecule has 5 heteroatoms. The number of benzene rings is 3. The number of ether oxygens (including phenoxy) is 4. The van der Waals surface area contributed by atoms with Crippen LogP contribution in [0.2, 0.25) is 0 Å². The number of hydrogen-bond acceptors (Lipinski definition) is 5. The molecular formula is C24H22O5. The Hall–Kier alpha value is -3.47. The highest BCUT2D eigenvalue weighted by molar-refractivity contribution is 5.71. The molecule has 4 rings (SSSR count). The average Bonchev–Trinajstić information content (AvgIpc) is 3.15. The Labute approximate surface area is 169 Å². The lowest BCUT2D eigenvalue weighted by atomic mass is 9.98. The van der Waals surface area contributed by atoms with Gasteiger partial charge in [0.1, 0.15) is 29.6 Å². The van der Waals surface area contributed by atoms with Crippen molar-refractivity contribution < 1.29 is 23.7 Å². The lowest BCUT2D eigenvalue weighted by Gasteiger charge is -2.11. The quantitative estimate of drug-likeness (QED) is 0.526. The minimum atomic E-state index is -0.232. The third kappa shape index (κ3) is 4.69. The fourth-order valence-corrected chi connectivity index (χ4v) is 3.29. The molecule has 3 aromatic rings. The van der Waals surface area contributed by atoms with Gasteiger partial charge >= 0.3 is 5.97 Å². The van der Waals surface area contributed by atoms with Gasteiger partial charge in [-0.15, -0.1) is 0 Å². The van der Waals surface area contributed by atoms with Crippen LogP contribution < -0.4 is 14.2 Å². The number of carbonyl (C=O) groups excluding carboxylic acids is 1. The normalized spacial score (nSPS) is 14.6. The summed E-state index contributed by atoms with van der Waals surface area (Å²) in [7, 11) is 1.40. The first-order valence-electron chi connectivity index (χ1n) is 9.49. The van der Waals surface area contributed by atoms with Crippen LogP contribution in [-0.4, -0.2) is 19.7 Å². The molecule has 0 amide bonds. The van der Waals surface area contributed by atoms with E-state index in [0.29, 0.717) is 19.6 Å². The first-order valence-corrected chi connectivity index (χ1v) is 9.49. The van der Waals surface area contributed by atoms with Gasteiger partial charge in [-0.2, -0.15) is 0 Å². The molecule has 1 unspecified atom stereocenters. The molecule has 1 atom stereocenters. The smallest absolute Gasteiger partial charge is 0.306 e. The minimum Gasteiger partial charge on any atom is -0.492 e. The Morgan fingerprint density at radius 2 is 1.79 bits per heavy atom. The highest BCUT2D eigenvalue weighted by Crippen LogP contribution is 2.38. The largest absolute Gasteiger partial charge is 0.492 e. The van der Waals surface area contributed by atoms with Crippen molar-refractivity contribution in [3.8, 4) is 23.0 Å². The van der Waals surface area contributed by atoms with Crippen molar-refractivity contribution in [2.75, 3.05) is 13.7 Å². The van der Waals surface area contributed by atoms with E-state index in [0.717, 1.165) is 34.1 Å². The predicted octanol–water partition coefficient (Wildman–Crippen LogP) is 5.10. The Balaban J connectivity index is 1.39. The molecule has 0 radical (unpaired) electrons. The lowest BCUT2D eigenvalue weighted by molar-refractivity contribution is -0.141. The molecule has 29 heavy (non-hydrogen) atoms. The summed E-state index contributed by atoms with van der Waals surface area (Å²) in [5.41, 5.74) is 2.02. The van der Waals surface area contributed by atoms with E-state index in [9.17, 15) is 4.79 Å². The van der Waals surface area contributed by atoms with Crippen molar-refractivity contribution in [2.24, 2.45) is 0 Å². The van der Waals surface area contributed by atoms with Crippen LogP contribution in [0.25, 0.3) is 0 Å². The van der Waals surface area contributed by atoms with Crippen molar-refractivity contribution in [3.63, 3.8) is 0 Å². The number of hydrogen-bond donors (Lipinski definition) is 0. The fourth-order valence-electron chi connectivity index (χ4n) is 3.29. The van der Waals surface area contributed by atoms with Crippen LogP contribution in [0.1, 0.15) is 23.5 Å². The van der Waals surface area contributed by atoms with Crippen LogP contribution in [0.3, 0.4) is 0 Å². The molecule has 148 valence electrons. The number of carbonyl (C=O) groups is 1. The first-order chi connectivity index (χ1) is 14.2. The maximum absolute atomic E-state index is 11.5. The zero-order valence-electron chi connectivity index (χ0n) is 16.2. The predicted molar refractivity (Wildman–Crippen MR) is 109 cm³/mol. The van der Waals surface area contributed by atoms with E-state index in [2.05, 4.69) is 0 Å². The summed E-state index contributed by atoms with van der Waals surface area (Å²) < 4.78 is 22.3. The molecule has 0 saturated heterocycles. The number of fused-ring (bicyclic) bond motifs is 1. The summed E-state index contributed by atoms with van der Waals surface area (Å²) in [5.74, 6) is 2.83. The molecule has 0 fully saturated rings. The third-order valence-corrected chi connectivity index (χ3v) is 4.79. The number of methoxy groups -OCH3 is 1.